The fourth-order valence-corrected chi connectivity index (χ4v) is 3.88. The Hall–Kier alpha value is -1.74. The molecular formula is C17H19IN6. The van der Waals surface area contributed by atoms with Crippen LogP contribution in [0.2, 0.25) is 0 Å². The van der Waals surface area contributed by atoms with Crippen LogP contribution >= 0.6 is 22.6 Å². The molecule has 1 aliphatic heterocycles. The van der Waals surface area contributed by atoms with Gasteiger partial charge in [-0.2, -0.15) is 0 Å². The van der Waals surface area contributed by atoms with Gasteiger partial charge in [0.25, 0.3) is 0 Å². The van der Waals surface area contributed by atoms with Gasteiger partial charge in [0, 0.05) is 43.1 Å². The number of nitrogens with one attached hydrogen (secondary N) is 1. The van der Waals surface area contributed by atoms with Crippen LogP contribution in [0.25, 0.3) is 16.9 Å². The molecule has 1 aliphatic rings. The molecule has 0 bridgehead atoms. The van der Waals surface area contributed by atoms with Gasteiger partial charge in [-0.05, 0) is 60.7 Å². The number of rotatable bonds is 2. The predicted molar refractivity (Wildman–Crippen MR) is 103 cm³/mol. The topological polar surface area (TPSA) is 58.4 Å². The molecule has 4 heterocycles. The molecule has 6 nitrogen and oxygen atoms in total. The van der Waals surface area contributed by atoms with E-state index in [9.17, 15) is 0 Å². The lowest BCUT2D eigenvalue weighted by Gasteiger charge is -2.39. The van der Waals surface area contributed by atoms with E-state index in [-0.39, 0.29) is 5.54 Å². The lowest BCUT2D eigenvalue weighted by Crippen LogP contribution is -2.57. The van der Waals surface area contributed by atoms with Crippen LogP contribution in [0.5, 0.6) is 0 Å². The van der Waals surface area contributed by atoms with Gasteiger partial charge >= 0.3 is 0 Å². The van der Waals surface area contributed by atoms with Gasteiger partial charge in [-0.3, -0.25) is 4.98 Å². The number of pyridine rings is 1. The fourth-order valence-electron chi connectivity index (χ4n) is 3.09. The van der Waals surface area contributed by atoms with Crippen LogP contribution in [-0.2, 0) is 0 Å². The van der Waals surface area contributed by atoms with Gasteiger partial charge in [0.2, 0.25) is 0 Å². The zero-order valence-electron chi connectivity index (χ0n) is 13.7. The molecule has 0 saturated carbocycles. The summed E-state index contributed by atoms with van der Waals surface area (Å²) in [5, 5.41) is 8.37. The summed E-state index contributed by atoms with van der Waals surface area (Å²) in [5.74, 6) is 0.991. The number of imidazole rings is 1. The molecular weight excluding hydrogens is 415 g/mol. The summed E-state index contributed by atoms with van der Waals surface area (Å²) in [4.78, 5) is 11.2. The summed E-state index contributed by atoms with van der Waals surface area (Å²) >= 11 is 2.31. The minimum atomic E-state index is 0.0951. The fraction of sp³-hybridized carbons (Fsp3) is 0.353. The normalized spacial score (nSPS) is 17.4. The molecule has 1 fully saturated rings. The van der Waals surface area contributed by atoms with E-state index in [0.29, 0.717) is 0 Å². The number of nitrogens with zero attached hydrogens (tertiary/aromatic N) is 5. The Morgan fingerprint density at radius 1 is 1.25 bits per heavy atom. The number of hydrogen-bond donors (Lipinski definition) is 1. The summed E-state index contributed by atoms with van der Waals surface area (Å²) in [6, 6.07) is 8.06. The van der Waals surface area contributed by atoms with E-state index in [2.05, 4.69) is 57.7 Å². The molecule has 3 aromatic heterocycles. The van der Waals surface area contributed by atoms with E-state index in [4.69, 9.17) is 10.1 Å². The molecule has 0 aromatic carbocycles. The average molecular weight is 434 g/mol. The van der Waals surface area contributed by atoms with E-state index in [0.717, 1.165) is 46.1 Å². The SMILES string of the molecule is CC1(C)CN(c2ccc3nc(-c4cccnc4)c(I)n3n2)CCN1. The molecule has 4 rings (SSSR count). The monoisotopic (exact) mass is 434 g/mol. The third-order valence-electron chi connectivity index (χ3n) is 4.24. The number of aromatic nitrogens is 4. The highest BCUT2D eigenvalue weighted by molar-refractivity contribution is 14.1. The smallest absolute Gasteiger partial charge is 0.155 e. The van der Waals surface area contributed by atoms with Crippen molar-refractivity contribution in [1.82, 2.24) is 24.9 Å². The molecule has 7 heteroatoms. The zero-order valence-corrected chi connectivity index (χ0v) is 15.9. The van der Waals surface area contributed by atoms with Gasteiger partial charge in [0.15, 0.2) is 5.65 Å². The molecule has 1 N–H and O–H groups in total. The van der Waals surface area contributed by atoms with Crippen LogP contribution in [0, 0.1) is 3.70 Å². The molecule has 1 saturated heterocycles. The van der Waals surface area contributed by atoms with Gasteiger partial charge in [-0.15, -0.1) is 5.10 Å². The predicted octanol–water partition coefficient (Wildman–Crippen LogP) is 2.58. The van der Waals surface area contributed by atoms with E-state index >= 15 is 0 Å². The van der Waals surface area contributed by atoms with Crippen LogP contribution in [-0.4, -0.2) is 44.8 Å². The molecule has 24 heavy (non-hydrogen) atoms. The summed E-state index contributed by atoms with van der Waals surface area (Å²) in [6.45, 7) is 7.31. The molecule has 0 amide bonds. The third kappa shape index (κ3) is 2.86. The van der Waals surface area contributed by atoms with Gasteiger partial charge in [0.05, 0.1) is 0 Å². The first-order chi connectivity index (χ1) is 11.5. The minimum Gasteiger partial charge on any atom is -0.352 e. The lowest BCUT2D eigenvalue weighted by molar-refractivity contribution is 0.351. The van der Waals surface area contributed by atoms with Crippen molar-refractivity contribution in [2.45, 2.75) is 19.4 Å². The average Bonchev–Trinajstić information content (AvgIpc) is 2.91. The van der Waals surface area contributed by atoms with Crippen molar-refractivity contribution in [2.75, 3.05) is 24.5 Å². The Balaban J connectivity index is 1.75. The molecule has 124 valence electrons. The Morgan fingerprint density at radius 3 is 2.88 bits per heavy atom. The Morgan fingerprint density at radius 2 is 2.12 bits per heavy atom. The summed E-state index contributed by atoms with van der Waals surface area (Å²) in [6.07, 6.45) is 3.61. The minimum absolute atomic E-state index is 0.0951. The molecule has 0 unspecified atom stereocenters. The molecule has 0 spiro atoms. The Bertz CT molecular complexity index is 873. The van der Waals surface area contributed by atoms with Crippen LogP contribution in [0.15, 0.2) is 36.7 Å². The summed E-state index contributed by atoms with van der Waals surface area (Å²) < 4.78 is 2.93. The van der Waals surface area contributed by atoms with Crippen LogP contribution in [0.1, 0.15) is 13.8 Å². The van der Waals surface area contributed by atoms with Crippen LogP contribution < -0.4 is 10.2 Å². The summed E-state index contributed by atoms with van der Waals surface area (Å²) in [5.41, 5.74) is 2.89. The van der Waals surface area contributed by atoms with E-state index in [1.807, 2.05) is 28.9 Å². The first kappa shape index (κ1) is 15.8. The largest absolute Gasteiger partial charge is 0.352 e. The maximum Gasteiger partial charge on any atom is 0.155 e. The van der Waals surface area contributed by atoms with Crippen LogP contribution in [0.4, 0.5) is 5.82 Å². The van der Waals surface area contributed by atoms with E-state index in [1.54, 1.807) is 6.20 Å². The van der Waals surface area contributed by atoms with Gasteiger partial charge in [-0.1, -0.05) is 0 Å². The summed E-state index contributed by atoms with van der Waals surface area (Å²) in [7, 11) is 0. The lowest BCUT2D eigenvalue weighted by atomic mass is 10.0. The highest BCUT2D eigenvalue weighted by Gasteiger charge is 2.27. The van der Waals surface area contributed by atoms with Crippen molar-refractivity contribution in [1.29, 1.82) is 0 Å². The van der Waals surface area contributed by atoms with Crippen molar-refractivity contribution >= 4 is 34.1 Å². The Labute approximate surface area is 154 Å². The second kappa shape index (κ2) is 5.96. The number of piperazine rings is 1. The van der Waals surface area contributed by atoms with Gasteiger partial charge < -0.3 is 10.2 Å². The maximum atomic E-state index is 4.83. The molecule has 0 aliphatic carbocycles. The van der Waals surface area contributed by atoms with Crippen molar-refractivity contribution in [3.05, 3.63) is 40.4 Å². The Kier molecular flexibility index (Phi) is 3.92. The van der Waals surface area contributed by atoms with Crippen molar-refractivity contribution in [3.8, 4) is 11.3 Å². The highest BCUT2D eigenvalue weighted by Crippen LogP contribution is 2.26. The number of anilines is 1. The molecule has 0 radical (unpaired) electrons. The van der Waals surface area contributed by atoms with E-state index in [1.165, 1.54) is 0 Å². The molecule has 0 atom stereocenters. The van der Waals surface area contributed by atoms with Gasteiger partial charge in [-0.25, -0.2) is 9.50 Å². The van der Waals surface area contributed by atoms with Gasteiger partial charge in [0.1, 0.15) is 15.2 Å². The van der Waals surface area contributed by atoms with Crippen molar-refractivity contribution < 1.29 is 0 Å². The van der Waals surface area contributed by atoms with Crippen molar-refractivity contribution in [3.63, 3.8) is 0 Å². The second-order valence-corrected chi connectivity index (χ2v) is 7.71. The number of hydrogen-bond acceptors (Lipinski definition) is 5. The third-order valence-corrected chi connectivity index (χ3v) is 5.21. The first-order valence-electron chi connectivity index (χ1n) is 7.99. The number of fused-ring (bicyclic) bond motifs is 1. The molecule has 3 aromatic rings. The van der Waals surface area contributed by atoms with Crippen molar-refractivity contribution in [2.24, 2.45) is 0 Å². The quantitative estimate of drug-likeness (QED) is 0.629. The standard InChI is InChI=1S/C17H19IN6/c1-17(2)11-23(9-8-20-17)14-6-5-13-21-15(16(18)24(13)22-14)12-4-3-7-19-10-12/h3-7,10,20H,8-9,11H2,1-2H3. The van der Waals surface area contributed by atoms with Crippen LogP contribution in [0.3, 0.4) is 0 Å². The van der Waals surface area contributed by atoms with E-state index < -0.39 is 0 Å². The number of halogens is 1. The zero-order chi connectivity index (χ0) is 16.7. The second-order valence-electron chi connectivity index (χ2n) is 6.69. The maximum absolute atomic E-state index is 4.83. The highest BCUT2D eigenvalue weighted by atomic mass is 127. The first-order valence-corrected chi connectivity index (χ1v) is 9.07.